The predicted molar refractivity (Wildman–Crippen MR) is 145 cm³/mol. The van der Waals surface area contributed by atoms with Crippen molar-refractivity contribution in [3.05, 3.63) is 102 Å². The topological polar surface area (TPSA) is 97.0 Å². The summed E-state index contributed by atoms with van der Waals surface area (Å²) in [4.78, 5) is 42.7. The third kappa shape index (κ3) is 4.67. The molecule has 198 valence electrons. The summed E-state index contributed by atoms with van der Waals surface area (Å²) in [6.45, 7) is 1.94. The second kappa shape index (κ2) is 10.2. The highest BCUT2D eigenvalue weighted by Gasteiger charge is 2.41. The van der Waals surface area contributed by atoms with E-state index in [0.717, 1.165) is 29.9 Å². The van der Waals surface area contributed by atoms with Crippen molar-refractivity contribution >= 4 is 29.3 Å². The number of carbonyl (C=O) groups excluding carboxylic acids is 3. The van der Waals surface area contributed by atoms with Crippen LogP contribution in [0.25, 0.3) is 5.69 Å². The summed E-state index contributed by atoms with van der Waals surface area (Å²) >= 11 is 0. The van der Waals surface area contributed by atoms with E-state index >= 15 is 0 Å². The van der Waals surface area contributed by atoms with Gasteiger partial charge in [0.15, 0.2) is 0 Å². The molecule has 9 nitrogen and oxygen atoms in total. The van der Waals surface area contributed by atoms with E-state index in [2.05, 4.69) is 9.88 Å². The maximum absolute atomic E-state index is 14.1. The standard InChI is InChI=1S/C30H28N4O5/c1-2-38-29(36)20-11-13-21(14-12-20)31-30(37)33(22-15-16-22)19-27(35)34-24-8-4-3-7-23(24)32-17-5-9-25(32)28(34)26-10-6-18-39-26/h3-14,17-18,22,28H,2,15-16,19H2,1H3,(H,31,37). The summed E-state index contributed by atoms with van der Waals surface area (Å²) in [5, 5.41) is 2.88. The van der Waals surface area contributed by atoms with Crippen molar-refractivity contribution in [2.75, 3.05) is 23.4 Å². The number of urea groups is 1. The lowest BCUT2D eigenvalue weighted by Gasteiger charge is -2.38. The predicted octanol–water partition coefficient (Wildman–Crippen LogP) is 5.38. The maximum atomic E-state index is 14.1. The molecular formula is C30H28N4O5. The van der Waals surface area contributed by atoms with Crippen molar-refractivity contribution in [2.45, 2.75) is 31.8 Å². The van der Waals surface area contributed by atoms with E-state index in [1.165, 1.54) is 0 Å². The molecule has 0 spiro atoms. The fraction of sp³-hybridized carbons (Fsp3) is 0.233. The van der Waals surface area contributed by atoms with Crippen LogP contribution in [0, 0.1) is 0 Å². The summed E-state index contributed by atoms with van der Waals surface area (Å²) in [6.07, 6.45) is 5.25. The molecule has 1 N–H and O–H groups in total. The smallest absolute Gasteiger partial charge is 0.338 e. The number of ether oxygens (including phenoxy) is 1. The van der Waals surface area contributed by atoms with E-state index in [9.17, 15) is 14.4 Å². The quantitative estimate of drug-likeness (QED) is 0.328. The summed E-state index contributed by atoms with van der Waals surface area (Å²) in [6, 6.07) is 21.0. The van der Waals surface area contributed by atoms with E-state index < -0.39 is 12.0 Å². The Kier molecular flexibility index (Phi) is 6.40. The molecule has 6 rings (SSSR count). The number of fused-ring (bicyclic) bond motifs is 3. The number of furan rings is 1. The van der Waals surface area contributed by atoms with E-state index in [-0.39, 0.29) is 31.1 Å². The van der Waals surface area contributed by atoms with Gasteiger partial charge in [-0.2, -0.15) is 0 Å². The maximum Gasteiger partial charge on any atom is 0.338 e. The van der Waals surface area contributed by atoms with Crippen molar-refractivity contribution < 1.29 is 23.5 Å². The molecule has 1 aliphatic carbocycles. The summed E-state index contributed by atoms with van der Waals surface area (Å²) in [7, 11) is 0. The van der Waals surface area contributed by atoms with Gasteiger partial charge in [-0.1, -0.05) is 12.1 Å². The SMILES string of the molecule is CCOC(=O)c1ccc(NC(=O)N(CC(=O)N2c3ccccc3-n3cccc3C2c2ccco2)C2CC2)cc1. The number of nitrogens with one attached hydrogen (secondary N) is 1. The Labute approximate surface area is 225 Å². The number of nitrogens with zero attached hydrogens (tertiary/aromatic N) is 3. The molecule has 1 fully saturated rings. The van der Waals surface area contributed by atoms with Crippen LogP contribution in [0.5, 0.6) is 0 Å². The van der Waals surface area contributed by atoms with Crippen LogP contribution in [0.3, 0.4) is 0 Å². The molecule has 0 radical (unpaired) electrons. The average molecular weight is 525 g/mol. The highest BCUT2D eigenvalue weighted by Crippen LogP contribution is 2.42. The molecule has 1 unspecified atom stereocenters. The number of hydrogen-bond acceptors (Lipinski definition) is 5. The molecule has 3 amide bonds. The van der Waals surface area contributed by atoms with Crippen molar-refractivity contribution in [3.8, 4) is 5.69 Å². The van der Waals surface area contributed by atoms with Crippen LogP contribution in [0.1, 0.15) is 47.6 Å². The summed E-state index contributed by atoms with van der Waals surface area (Å²) in [5.74, 6) is 0.0116. The van der Waals surface area contributed by atoms with E-state index in [0.29, 0.717) is 17.0 Å². The Morgan fingerprint density at radius 1 is 0.974 bits per heavy atom. The number of aromatic nitrogens is 1. The zero-order chi connectivity index (χ0) is 26.9. The van der Waals surface area contributed by atoms with Gasteiger partial charge in [0.1, 0.15) is 18.3 Å². The highest BCUT2D eigenvalue weighted by molar-refractivity contribution is 6.01. The first kappa shape index (κ1) is 24.5. The van der Waals surface area contributed by atoms with Crippen LogP contribution in [0.15, 0.2) is 89.7 Å². The molecule has 0 saturated heterocycles. The average Bonchev–Trinajstić information content (AvgIpc) is 3.41. The van der Waals surface area contributed by atoms with E-state index in [1.807, 2.05) is 54.7 Å². The van der Waals surface area contributed by atoms with Gasteiger partial charge in [-0.05, 0) is 80.4 Å². The molecule has 2 aromatic heterocycles. The molecule has 4 aromatic rings. The molecule has 1 atom stereocenters. The summed E-state index contributed by atoms with van der Waals surface area (Å²) in [5.41, 5.74) is 3.47. The zero-order valence-corrected chi connectivity index (χ0v) is 21.4. The molecule has 1 saturated carbocycles. The van der Waals surface area contributed by atoms with Gasteiger partial charge in [-0.3, -0.25) is 9.69 Å². The van der Waals surface area contributed by atoms with Crippen molar-refractivity contribution in [3.63, 3.8) is 0 Å². The number of carbonyl (C=O) groups is 3. The first-order chi connectivity index (χ1) is 19.0. The van der Waals surface area contributed by atoms with Crippen LogP contribution in [0.2, 0.25) is 0 Å². The normalized spacial score (nSPS) is 15.7. The minimum Gasteiger partial charge on any atom is -0.467 e. The Balaban J connectivity index is 1.26. The minimum absolute atomic E-state index is 0.0151. The van der Waals surface area contributed by atoms with Gasteiger partial charge in [-0.25, -0.2) is 9.59 Å². The molecule has 0 bridgehead atoms. The first-order valence-electron chi connectivity index (χ1n) is 13.0. The Hall–Kier alpha value is -4.79. The second-order valence-corrected chi connectivity index (χ2v) is 9.56. The van der Waals surface area contributed by atoms with Gasteiger partial charge < -0.3 is 23.9 Å². The fourth-order valence-electron chi connectivity index (χ4n) is 5.05. The Morgan fingerprint density at radius 2 is 1.74 bits per heavy atom. The second-order valence-electron chi connectivity index (χ2n) is 9.56. The van der Waals surface area contributed by atoms with Gasteiger partial charge in [0.25, 0.3) is 0 Å². The van der Waals surface area contributed by atoms with Gasteiger partial charge >= 0.3 is 12.0 Å². The molecule has 39 heavy (non-hydrogen) atoms. The van der Waals surface area contributed by atoms with Crippen LogP contribution < -0.4 is 10.2 Å². The van der Waals surface area contributed by atoms with Gasteiger partial charge in [-0.15, -0.1) is 0 Å². The van der Waals surface area contributed by atoms with E-state index in [4.69, 9.17) is 9.15 Å². The number of hydrogen-bond donors (Lipinski definition) is 1. The number of anilines is 2. The first-order valence-corrected chi connectivity index (χ1v) is 13.0. The largest absolute Gasteiger partial charge is 0.467 e. The lowest BCUT2D eigenvalue weighted by Crippen LogP contribution is -2.48. The molecule has 9 heteroatoms. The van der Waals surface area contributed by atoms with Crippen LogP contribution in [-0.2, 0) is 9.53 Å². The van der Waals surface area contributed by atoms with Crippen LogP contribution in [-0.4, -0.2) is 46.6 Å². The fourth-order valence-corrected chi connectivity index (χ4v) is 5.05. The molecule has 3 heterocycles. The van der Waals surface area contributed by atoms with Gasteiger partial charge in [0, 0.05) is 17.9 Å². The summed E-state index contributed by atoms with van der Waals surface area (Å²) < 4.78 is 12.9. The number of esters is 1. The molecule has 1 aliphatic heterocycles. The van der Waals surface area contributed by atoms with Crippen LogP contribution >= 0.6 is 0 Å². The number of para-hydroxylation sites is 2. The number of rotatable bonds is 7. The van der Waals surface area contributed by atoms with Crippen molar-refractivity contribution in [1.29, 1.82) is 0 Å². The third-order valence-electron chi connectivity index (χ3n) is 7.00. The monoisotopic (exact) mass is 524 g/mol. The Bertz CT molecular complexity index is 1500. The minimum atomic E-state index is -0.475. The van der Waals surface area contributed by atoms with Crippen molar-refractivity contribution in [2.24, 2.45) is 0 Å². The van der Waals surface area contributed by atoms with Gasteiger partial charge in [0.2, 0.25) is 5.91 Å². The zero-order valence-electron chi connectivity index (χ0n) is 21.4. The third-order valence-corrected chi connectivity index (χ3v) is 7.00. The van der Waals surface area contributed by atoms with Gasteiger partial charge in [0.05, 0.1) is 35.5 Å². The molecule has 2 aliphatic rings. The van der Waals surface area contributed by atoms with Crippen LogP contribution in [0.4, 0.5) is 16.2 Å². The van der Waals surface area contributed by atoms with Crippen molar-refractivity contribution in [1.82, 2.24) is 9.47 Å². The number of amides is 3. The number of benzene rings is 2. The molecular weight excluding hydrogens is 496 g/mol. The van der Waals surface area contributed by atoms with E-state index in [1.54, 1.807) is 47.3 Å². The Morgan fingerprint density at radius 3 is 2.44 bits per heavy atom. The lowest BCUT2D eigenvalue weighted by molar-refractivity contribution is -0.119. The molecule has 2 aromatic carbocycles. The lowest BCUT2D eigenvalue weighted by atomic mass is 10.0. The highest BCUT2D eigenvalue weighted by atomic mass is 16.5.